The standard InChI is InChI=1S/C15H23NO2/c1-3-16-11-15(18-12-7-6-8-12)13-9-4-5-10-14(13)17-2/h4-5,9-10,12,15-16H,3,6-8,11H2,1-2H3. The molecule has 0 radical (unpaired) electrons. The fourth-order valence-corrected chi connectivity index (χ4v) is 2.18. The third-order valence-corrected chi connectivity index (χ3v) is 3.47. The van der Waals surface area contributed by atoms with E-state index in [2.05, 4.69) is 18.3 Å². The lowest BCUT2D eigenvalue weighted by atomic mass is 9.95. The molecule has 0 heterocycles. The highest BCUT2D eigenvalue weighted by Crippen LogP contribution is 2.32. The molecule has 0 amide bonds. The Morgan fingerprint density at radius 1 is 1.33 bits per heavy atom. The topological polar surface area (TPSA) is 30.5 Å². The van der Waals surface area contributed by atoms with E-state index >= 15 is 0 Å². The number of benzene rings is 1. The molecular weight excluding hydrogens is 226 g/mol. The molecule has 1 aromatic rings. The minimum Gasteiger partial charge on any atom is -0.496 e. The average Bonchev–Trinajstić information content (AvgIpc) is 2.37. The highest BCUT2D eigenvalue weighted by molar-refractivity contribution is 5.35. The van der Waals surface area contributed by atoms with Gasteiger partial charge >= 0.3 is 0 Å². The molecule has 18 heavy (non-hydrogen) atoms. The SMILES string of the molecule is CCNCC(OC1CCC1)c1ccccc1OC. The molecule has 1 unspecified atom stereocenters. The van der Waals surface area contributed by atoms with Gasteiger partial charge in [0.2, 0.25) is 0 Å². The smallest absolute Gasteiger partial charge is 0.124 e. The van der Waals surface area contributed by atoms with Gasteiger partial charge in [0.25, 0.3) is 0 Å². The number of nitrogens with one attached hydrogen (secondary N) is 1. The lowest BCUT2D eigenvalue weighted by Crippen LogP contribution is -2.30. The molecule has 2 rings (SSSR count). The zero-order chi connectivity index (χ0) is 12.8. The Labute approximate surface area is 109 Å². The first-order valence-electron chi connectivity index (χ1n) is 6.84. The number of para-hydroxylation sites is 1. The number of likely N-dealkylation sites (N-methyl/N-ethyl adjacent to an activating group) is 1. The quantitative estimate of drug-likeness (QED) is 0.806. The van der Waals surface area contributed by atoms with Gasteiger partial charge in [-0.1, -0.05) is 25.1 Å². The van der Waals surface area contributed by atoms with Crippen LogP contribution in [-0.2, 0) is 4.74 Å². The van der Waals surface area contributed by atoms with Crippen molar-refractivity contribution < 1.29 is 9.47 Å². The predicted octanol–water partition coefficient (Wildman–Crippen LogP) is 2.91. The van der Waals surface area contributed by atoms with E-state index in [9.17, 15) is 0 Å². The molecule has 1 aliphatic carbocycles. The summed E-state index contributed by atoms with van der Waals surface area (Å²) in [6, 6.07) is 8.13. The first-order valence-corrected chi connectivity index (χ1v) is 6.84. The maximum Gasteiger partial charge on any atom is 0.124 e. The highest BCUT2D eigenvalue weighted by atomic mass is 16.5. The van der Waals surface area contributed by atoms with E-state index in [-0.39, 0.29) is 6.10 Å². The summed E-state index contributed by atoms with van der Waals surface area (Å²) in [5.74, 6) is 0.916. The third kappa shape index (κ3) is 3.24. The van der Waals surface area contributed by atoms with E-state index in [1.165, 1.54) is 19.3 Å². The minimum absolute atomic E-state index is 0.0893. The van der Waals surface area contributed by atoms with E-state index in [0.29, 0.717) is 6.10 Å². The molecule has 1 fully saturated rings. The predicted molar refractivity (Wildman–Crippen MR) is 73.0 cm³/mol. The summed E-state index contributed by atoms with van der Waals surface area (Å²) in [6.45, 7) is 3.91. The van der Waals surface area contributed by atoms with Crippen molar-refractivity contribution in [3.63, 3.8) is 0 Å². The van der Waals surface area contributed by atoms with E-state index in [1.54, 1.807) is 7.11 Å². The summed E-state index contributed by atoms with van der Waals surface area (Å²) in [4.78, 5) is 0. The molecule has 1 atom stereocenters. The van der Waals surface area contributed by atoms with Crippen molar-refractivity contribution in [1.82, 2.24) is 5.32 Å². The average molecular weight is 249 g/mol. The van der Waals surface area contributed by atoms with Gasteiger partial charge in [-0.25, -0.2) is 0 Å². The van der Waals surface area contributed by atoms with Gasteiger partial charge in [0, 0.05) is 12.1 Å². The van der Waals surface area contributed by atoms with Crippen LogP contribution in [0.4, 0.5) is 0 Å². The molecule has 1 aliphatic rings. The Bertz CT molecular complexity index is 363. The van der Waals surface area contributed by atoms with Gasteiger partial charge in [-0.15, -0.1) is 0 Å². The maximum absolute atomic E-state index is 6.17. The van der Waals surface area contributed by atoms with Crippen LogP contribution in [0.2, 0.25) is 0 Å². The van der Waals surface area contributed by atoms with Crippen molar-refractivity contribution in [1.29, 1.82) is 0 Å². The largest absolute Gasteiger partial charge is 0.496 e. The van der Waals surface area contributed by atoms with Crippen LogP contribution in [0.15, 0.2) is 24.3 Å². The first-order chi connectivity index (χ1) is 8.85. The van der Waals surface area contributed by atoms with Crippen molar-refractivity contribution in [2.24, 2.45) is 0 Å². The van der Waals surface area contributed by atoms with Crippen LogP contribution < -0.4 is 10.1 Å². The van der Waals surface area contributed by atoms with Gasteiger partial charge in [0.1, 0.15) is 5.75 Å². The van der Waals surface area contributed by atoms with Gasteiger partial charge in [-0.2, -0.15) is 0 Å². The third-order valence-electron chi connectivity index (χ3n) is 3.47. The van der Waals surface area contributed by atoms with Gasteiger partial charge in [-0.3, -0.25) is 0 Å². The van der Waals surface area contributed by atoms with E-state index in [0.717, 1.165) is 24.4 Å². The molecule has 0 aliphatic heterocycles. The molecule has 0 bridgehead atoms. The van der Waals surface area contributed by atoms with Crippen LogP contribution >= 0.6 is 0 Å². The molecule has 0 spiro atoms. The van der Waals surface area contributed by atoms with Crippen LogP contribution in [0.5, 0.6) is 5.75 Å². The number of rotatable bonds is 7. The Morgan fingerprint density at radius 2 is 2.11 bits per heavy atom. The van der Waals surface area contributed by atoms with Crippen molar-refractivity contribution in [3.05, 3.63) is 29.8 Å². The molecule has 100 valence electrons. The summed E-state index contributed by atoms with van der Waals surface area (Å²) in [6.07, 6.45) is 4.20. The van der Waals surface area contributed by atoms with Crippen LogP contribution in [0.1, 0.15) is 37.9 Å². The molecule has 0 aromatic heterocycles. The van der Waals surface area contributed by atoms with Gasteiger partial charge in [0.05, 0.1) is 19.3 Å². The maximum atomic E-state index is 6.17. The van der Waals surface area contributed by atoms with Crippen molar-refractivity contribution in [3.8, 4) is 5.75 Å². The fraction of sp³-hybridized carbons (Fsp3) is 0.600. The van der Waals surface area contributed by atoms with Gasteiger partial charge < -0.3 is 14.8 Å². The van der Waals surface area contributed by atoms with Gasteiger partial charge in [-0.05, 0) is 31.9 Å². The Morgan fingerprint density at radius 3 is 2.72 bits per heavy atom. The van der Waals surface area contributed by atoms with Crippen molar-refractivity contribution >= 4 is 0 Å². The molecule has 1 N–H and O–H groups in total. The Kier molecular flexibility index (Phi) is 5.02. The van der Waals surface area contributed by atoms with E-state index in [4.69, 9.17) is 9.47 Å². The Balaban J connectivity index is 2.09. The lowest BCUT2D eigenvalue weighted by molar-refractivity contribution is -0.0525. The number of hydrogen-bond acceptors (Lipinski definition) is 3. The van der Waals surface area contributed by atoms with Gasteiger partial charge in [0.15, 0.2) is 0 Å². The second-order valence-corrected chi connectivity index (χ2v) is 4.73. The minimum atomic E-state index is 0.0893. The second kappa shape index (κ2) is 6.76. The van der Waals surface area contributed by atoms with Crippen LogP contribution in [0, 0.1) is 0 Å². The summed E-state index contributed by atoms with van der Waals surface area (Å²) in [5.41, 5.74) is 1.15. The Hall–Kier alpha value is -1.06. The molecule has 3 nitrogen and oxygen atoms in total. The molecule has 1 aromatic carbocycles. The van der Waals surface area contributed by atoms with E-state index in [1.807, 2.05) is 18.2 Å². The van der Waals surface area contributed by atoms with Crippen molar-refractivity contribution in [2.75, 3.05) is 20.2 Å². The summed E-state index contributed by atoms with van der Waals surface area (Å²) < 4.78 is 11.6. The number of ether oxygens (including phenoxy) is 2. The zero-order valence-corrected chi connectivity index (χ0v) is 11.3. The summed E-state index contributed by atoms with van der Waals surface area (Å²) in [7, 11) is 1.71. The van der Waals surface area contributed by atoms with E-state index < -0.39 is 0 Å². The lowest BCUT2D eigenvalue weighted by Gasteiger charge is -2.31. The fourth-order valence-electron chi connectivity index (χ4n) is 2.18. The summed E-state index contributed by atoms with van der Waals surface area (Å²) >= 11 is 0. The van der Waals surface area contributed by atoms with Crippen molar-refractivity contribution in [2.45, 2.75) is 38.4 Å². The van der Waals surface area contributed by atoms with Crippen LogP contribution in [-0.4, -0.2) is 26.3 Å². The number of methoxy groups -OCH3 is 1. The summed E-state index contributed by atoms with van der Waals surface area (Å²) in [5, 5.41) is 3.37. The normalized spacial score (nSPS) is 17.2. The van der Waals surface area contributed by atoms with Crippen LogP contribution in [0.3, 0.4) is 0 Å². The monoisotopic (exact) mass is 249 g/mol. The number of hydrogen-bond donors (Lipinski definition) is 1. The molecule has 3 heteroatoms. The molecule has 0 saturated heterocycles. The van der Waals surface area contributed by atoms with Crippen LogP contribution in [0.25, 0.3) is 0 Å². The highest BCUT2D eigenvalue weighted by Gasteiger charge is 2.24. The second-order valence-electron chi connectivity index (χ2n) is 4.73. The molecular formula is C15H23NO2. The first kappa shape index (κ1) is 13.4. The zero-order valence-electron chi connectivity index (χ0n) is 11.3. The molecule has 1 saturated carbocycles.